The van der Waals surface area contributed by atoms with Gasteiger partial charge in [0.1, 0.15) is 0 Å². The maximum atomic E-state index is 13.7. The molecule has 0 bridgehead atoms. The standard InChI is InChI=1S/C13H14FN3O3/c14-9-2-1-3-17-10(8-16-4-6-20-7-5-16)11(13(18)19)15-12(9)17/h1-3H,4-8H2,(H,18,19). The van der Waals surface area contributed by atoms with E-state index in [0.29, 0.717) is 25.5 Å². The minimum Gasteiger partial charge on any atom is -0.476 e. The van der Waals surface area contributed by atoms with Crippen LogP contribution in [-0.4, -0.2) is 51.7 Å². The summed E-state index contributed by atoms with van der Waals surface area (Å²) in [6, 6.07) is 2.81. The van der Waals surface area contributed by atoms with Crippen LogP contribution in [0.2, 0.25) is 0 Å². The largest absolute Gasteiger partial charge is 0.476 e. The number of aromatic nitrogens is 2. The van der Waals surface area contributed by atoms with E-state index in [-0.39, 0.29) is 11.3 Å². The first-order valence-electron chi connectivity index (χ1n) is 6.35. The van der Waals surface area contributed by atoms with Crippen molar-refractivity contribution in [3.8, 4) is 0 Å². The number of fused-ring (bicyclic) bond motifs is 1. The van der Waals surface area contributed by atoms with Gasteiger partial charge in [0.15, 0.2) is 17.2 Å². The molecule has 0 aliphatic carbocycles. The molecule has 0 unspecified atom stereocenters. The van der Waals surface area contributed by atoms with Crippen molar-refractivity contribution in [2.75, 3.05) is 26.3 Å². The Hall–Kier alpha value is -1.99. The van der Waals surface area contributed by atoms with E-state index in [0.717, 1.165) is 13.1 Å². The van der Waals surface area contributed by atoms with Crippen LogP contribution < -0.4 is 0 Å². The molecule has 6 nitrogen and oxygen atoms in total. The Bertz CT molecular complexity index is 650. The number of aromatic carboxylic acids is 1. The molecule has 0 radical (unpaired) electrons. The van der Waals surface area contributed by atoms with Gasteiger partial charge in [-0.05, 0) is 12.1 Å². The highest BCUT2D eigenvalue weighted by atomic mass is 19.1. The van der Waals surface area contributed by atoms with Crippen molar-refractivity contribution in [2.24, 2.45) is 0 Å². The Morgan fingerprint density at radius 2 is 2.20 bits per heavy atom. The fourth-order valence-corrected chi connectivity index (χ4v) is 2.38. The zero-order valence-electron chi connectivity index (χ0n) is 10.8. The summed E-state index contributed by atoms with van der Waals surface area (Å²) in [6.07, 6.45) is 1.63. The molecule has 0 atom stereocenters. The minimum atomic E-state index is -1.14. The lowest BCUT2D eigenvalue weighted by Crippen LogP contribution is -2.36. The minimum absolute atomic E-state index is 0.0492. The van der Waals surface area contributed by atoms with Crippen LogP contribution in [0.3, 0.4) is 0 Å². The second-order valence-corrected chi connectivity index (χ2v) is 4.65. The molecule has 106 valence electrons. The molecule has 2 aromatic heterocycles. The maximum absolute atomic E-state index is 13.7. The number of imidazole rings is 1. The quantitative estimate of drug-likeness (QED) is 0.908. The Morgan fingerprint density at radius 1 is 1.45 bits per heavy atom. The molecular formula is C13H14FN3O3. The Labute approximate surface area is 114 Å². The number of ether oxygens (including phenoxy) is 1. The predicted molar refractivity (Wildman–Crippen MR) is 68.2 cm³/mol. The SMILES string of the molecule is O=C(O)c1nc2c(F)cccn2c1CN1CCOCC1. The average molecular weight is 279 g/mol. The molecule has 1 aliphatic heterocycles. The van der Waals surface area contributed by atoms with Gasteiger partial charge in [-0.1, -0.05) is 0 Å². The average Bonchev–Trinajstić information content (AvgIpc) is 2.81. The summed E-state index contributed by atoms with van der Waals surface area (Å²) in [6.45, 7) is 3.10. The van der Waals surface area contributed by atoms with E-state index in [2.05, 4.69) is 9.88 Å². The van der Waals surface area contributed by atoms with E-state index in [4.69, 9.17) is 4.74 Å². The highest BCUT2D eigenvalue weighted by Gasteiger charge is 2.22. The molecule has 7 heteroatoms. The summed E-state index contributed by atoms with van der Waals surface area (Å²) in [5, 5.41) is 9.25. The number of carbonyl (C=O) groups is 1. The lowest BCUT2D eigenvalue weighted by atomic mass is 10.3. The molecule has 0 saturated carbocycles. The normalized spacial score (nSPS) is 16.6. The summed E-state index contributed by atoms with van der Waals surface area (Å²) in [5.41, 5.74) is 0.448. The lowest BCUT2D eigenvalue weighted by molar-refractivity contribution is 0.0332. The van der Waals surface area contributed by atoms with E-state index in [1.54, 1.807) is 12.3 Å². The third-order valence-electron chi connectivity index (χ3n) is 3.38. The first kappa shape index (κ1) is 13.0. The summed E-state index contributed by atoms with van der Waals surface area (Å²) < 4.78 is 20.5. The number of rotatable bonds is 3. The highest BCUT2D eigenvalue weighted by molar-refractivity contribution is 5.88. The monoisotopic (exact) mass is 279 g/mol. The molecule has 3 heterocycles. The maximum Gasteiger partial charge on any atom is 0.356 e. The summed E-state index contributed by atoms with van der Waals surface area (Å²) >= 11 is 0. The van der Waals surface area contributed by atoms with Gasteiger partial charge in [-0.3, -0.25) is 9.30 Å². The van der Waals surface area contributed by atoms with Gasteiger partial charge in [0, 0.05) is 25.8 Å². The number of hydrogen-bond acceptors (Lipinski definition) is 4. The smallest absolute Gasteiger partial charge is 0.356 e. The van der Waals surface area contributed by atoms with Crippen LogP contribution in [0.1, 0.15) is 16.2 Å². The summed E-state index contributed by atoms with van der Waals surface area (Å²) in [5.74, 6) is -1.67. The van der Waals surface area contributed by atoms with Crippen LogP contribution in [0.15, 0.2) is 18.3 Å². The fourth-order valence-electron chi connectivity index (χ4n) is 2.38. The van der Waals surface area contributed by atoms with Gasteiger partial charge in [0.2, 0.25) is 0 Å². The van der Waals surface area contributed by atoms with E-state index in [1.807, 2.05) is 0 Å². The number of carboxylic acid groups (broad SMARTS) is 1. The van der Waals surface area contributed by atoms with Gasteiger partial charge < -0.3 is 9.84 Å². The predicted octanol–water partition coefficient (Wildman–Crippen LogP) is 1.00. The second kappa shape index (κ2) is 5.18. The second-order valence-electron chi connectivity index (χ2n) is 4.65. The van der Waals surface area contributed by atoms with Crippen LogP contribution in [-0.2, 0) is 11.3 Å². The highest BCUT2D eigenvalue weighted by Crippen LogP contribution is 2.18. The number of morpholine rings is 1. The van der Waals surface area contributed by atoms with Crippen LogP contribution in [0.4, 0.5) is 4.39 Å². The molecule has 0 amide bonds. The van der Waals surface area contributed by atoms with Gasteiger partial charge in [-0.15, -0.1) is 0 Å². The van der Waals surface area contributed by atoms with Crippen LogP contribution in [0, 0.1) is 5.82 Å². The van der Waals surface area contributed by atoms with Crippen LogP contribution >= 0.6 is 0 Å². The molecule has 1 fully saturated rings. The third kappa shape index (κ3) is 2.25. The van der Waals surface area contributed by atoms with E-state index in [9.17, 15) is 14.3 Å². The fraction of sp³-hybridized carbons (Fsp3) is 0.385. The molecule has 0 spiro atoms. The van der Waals surface area contributed by atoms with Crippen molar-refractivity contribution < 1.29 is 19.0 Å². The lowest BCUT2D eigenvalue weighted by Gasteiger charge is -2.26. The van der Waals surface area contributed by atoms with Gasteiger partial charge in [-0.25, -0.2) is 14.2 Å². The summed E-state index contributed by atoms with van der Waals surface area (Å²) in [7, 11) is 0. The number of pyridine rings is 1. The summed E-state index contributed by atoms with van der Waals surface area (Å²) in [4.78, 5) is 17.3. The Morgan fingerprint density at radius 3 is 2.90 bits per heavy atom. The number of carboxylic acids is 1. The van der Waals surface area contributed by atoms with Gasteiger partial charge in [-0.2, -0.15) is 0 Å². The zero-order chi connectivity index (χ0) is 14.1. The first-order valence-corrected chi connectivity index (χ1v) is 6.35. The van der Waals surface area contributed by atoms with Crippen molar-refractivity contribution in [2.45, 2.75) is 6.54 Å². The first-order chi connectivity index (χ1) is 9.66. The molecule has 2 aromatic rings. The Balaban J connectivity index is 2.04. The molecule has 20 heavy (non-hydrogen) atoms. The van der Waals surface area contributed by atoms with Crippen molar-refractivity contribution in [1.29, 1.82) is 0 Å². The van der Waals surface area contributed by atoms with Crippen molar-refractivity contribution >= 4 is 11.6 Å². The van der Waals surface area contributed by atoms with Gasteiger partial charge >= 0.3 is 5.97 Å². The third-order valence-corrected chi connectivity index (χ3v) is 3.38. The van der Waals surface area contributed by atoms with Gasteiger partial charge in [0.25, 0.3) is 0 Å². The van der Waals surface area contributed by atoms with E-state index in [1.165, 1.54) is 10.5 Å². The zero-order valence-corrected chi connectivity index (χ0v) is 10.8. The van der Waals surface area contributed by atoms with E-state index >= 15 is 0 Å². The van der Waals surface area contributed by atoms with Crippen LogP contribution in [0.5, 0.6) is 0 Å². The number of halogens is 1. The van der Waals surface area contributed by atoms with E-state index < -0.39 is 11.8 Å². The molecule has 0 aromatic carbocycles. The molecular weight excluding hydrogens is 265 g/mol. The molecule has 1 aliphatic rings. The molecule has 1 saturated heterocycles. The number of nitrogens with zero attached hydrogens (tertiary/aromatic N) is 3. The Kier molecular flexibility index (Phi) is 3.37. The molecule has 1 N–H and O–H groups in total. The topological polar surface area (TPSA) is 67.1 Å². The van der Waals surface area contributed by atoms with Gasteiger partial charge in [0.05, 0.1) is 18.9 Å². The molecule has 3 rings (SSSR count). The van der Waals surface area contributed by atoms with Crippen molar-refractivity contribution in [1.82, 2.24) is 14.3 Å². The van der Waals surface area contributed by atoms with Crippen LogP contribution in [0.25, 0.3) is 5.65 Å². The van der Waals surface area contributed by atoms with Crippen molar-refractivity contribution in [3.05, 3.63) is 35.5 Å². The van der Waals surface area contributed by atoms with Crippen molar-refractivity contribution in [3.63, 3.8) is 0 Å². The number of hydrogen-bond donors (Lipinski definition) is 1.